The summed E-state index contributed by atoms with van der Waals surface area (Å²) in [4.78, 5) is 13.8. The predicted molar refractivity (Wildman–Crippen MR) is 219 cm³/mol. The SMILES string of the molecule is COC(=O)C(C)(C)[C@@H](NCc1ccc(OC)cc1)[C@@H]1O[C@H](COCc2ccccc2)[C@@H](OCc2ccccc2)[C@H](OCc2ccccc2)[C@@H]1OCc1ccccc1. The number of benzene rings is 5. The molecule has 0 saturated carbocycles. The van der Waals surface area contributed by atoms with Gasteiger partial charge in [0, 0.05) is 6.54 Å². The van der Waals surface area contributed by atoms with Gasteiger partial charge in [-0.3, -0.25) is 4.79 Å². The topological polar surface area (TPSA) is 93.7 Å². The standard InChI is InChI=1S/C48H55NO8/c1-48(2,47(50)52-4)46(49-29-35-25-27-40(51-3)28-26-35)45-44(56-33-39-23-15-8-16-24-39)43(55-32-38-21-13-7-14-22-38)42(54-31-37-19-11-6-12-20-37)41(57-45)34-53-30-36-17-9-5-10-18-36/h5-28,41-46,49H,29-34H2,1-4H3/t41-,42-,43+,44+,45-,46+/m1/s1. The van der Waals surface area contributed by atoms with Gasteiger partial charge in [-0.1, -0.05) is 133 Å². The lowest BCUT2D eigenvalue weighted by Crippen LogP contribution is -2.68. The van der Waals surface area contributed by atoms with Crippen LogP contribution in [-0.4, -0.2) is 63.4 Å². The van der Waals surface area contributed by atoms with Gasteiger partial charge in [0.25, 0.3) is 0 Å². The summed E-state index contributed by atoms with van der Waals surface area (Å²) in [6.07, 6.45) is -3.33. The summed E-state index contributed by atoms with van der Waals surface area (Å²) in [6, 6.07) is 47.4. The molecule has 0 aromatic heterocycles. The summed E-state index contributed by atoms with van der Waals surface area (Å²) in [7, 11) is 3.06. The molecule has 1 aliphatic rings. The van der Waals surface area contributed by atoms with Crippen molar-refractivity contribution < 1.29 is 38.0 Å². The molecule has 1 aliphatic heterocycles. The van der Waals surface area contributed by atoms with Crippen LogP contribution in [0.5, 0.6) is 5.75 Å². The highest BCUT2D eigenvalue weighted by molar-refractivity contribution is 5.77. The molecule has 0 amide bonds. The number of carbonyl (C=O) groups excluding carboxylic acids is 1. The fourth-order valence-corrected chi connectivity index (χ4v) is 7.24. The minimum Gasteiger partial charge on any atom is -0.497 e. The zero-order chi connectivity index (χ0) is 39.9. The largest absolute Gasteiger partial charge is 0.497 e. The third kappa shape index (κ3) is 11.6. The Morgan fingerprint density at radius 2 is 1.05 bits per heavy atom. The number of ether oxygens (including phenoxy) is 7. The minimum absolute atomic E-state index is 0.200. The van der Waals surface area contributed by atoms with Crippen molar-refractivity contribution >= 4 is 5.97 Å². The summed E-state index contributed by atoms with van der Waals surface area (Å²) in [5.74, 6) is 0.370. The fourth-order valence-electron chi connectivity index (χ4n) is 7.24. The Bertz CT molecular complexity index is 1890. The summed E-state index contributed by atoms with van der Waals surface area (Å²) in [6.45, 7) is 5.66. The summed E-state index contributed by atoms with van der Waals surface area (Å²) >= 11 is 0. The second kappa shape index (κ2) is 21.0. The first-order chi connectivity index (χ1) is 27.9. The third-order valence-corrected chi connectivity index (χ3v) is 10.4. The van der Waals surface area contributed by atoms with Gasteiger partial charge in [-0.05, 0) is 53.8 Å². The van der Waals surface area contributed by atoms with E-state index in [1.54, 1.807) is 7.11 Å². The Morgan fingerprint density at radius 1 is 0.596 bits per heavy atom. The number of methoxy groups -OCH3 is 2. The van der Waals surface area contributed by atoms with Crippen LogP contribution in [0.2, 0.25) is 0 Å². The number of esters is 1. The minimum atomic E-state index is -1.09. The average Bonchev–Trinajstić information content (AvgIpc) is 3.26. The molecule has 0 radical (unpaired) electrons. The molecule has 9 heteroatoms. The van der Waals surface area contributed by atoms with Crippen LogP contribution in [0.1, 0.15) is 41.7 Å². The van der Waals surface area contributed by atoms with Gasteiger partial charge in [0.2, 0.25) is 0 Å². The van der Waals surface area contributed by atoms with Gasteiger partial charge in [-0.15, -0.1) is 0 Å². The second-order valence-electron chi connectivity index (χ2n) is 14.8. The highest BCUT2D eigenvalue weighted by atomic mass is 16.6. The summed E-state index contributed by atoms with van der Waals surface area (Å²) in [5, 5.41) is 3.71. The maximum absolute atomic E-state index is 13.8. The smallest absolute Gasteiger partial charge is 0.312 e. The van der Waals surface area contributed by atoms with Crippen LogP contribution in [0.15, 0.2) is 146 Å². The fraction of sp³-hybridized carbons (Fsp3) is 0.354. The van der Waals surface area contributed by atoms with Crippen LogP contribution in [0.4, 0.5) is 0 Å². The lowest BCUT2D eigenvalue weighted by molar-refractivity contribution is -0.281. The molecular weight excluding hydrogens is 719 g/mol. The number of nitrogens with one attached hydrogen (secondary N) is 1. The Kier molecular flexibility index (Phi) is 15.4. The molecule has 9 nitrogen and oxygen atoms in total. The molecule has 1 saturated heterocycles. The van der Waals surface area contributed by atoms with Crippen LogP contribution in [0.25, 0.3) is 0 Å². The van der Waals surface area contributed by atoms with Crippen molar-refractivity contribution in [1.29, 1.82) is 0 Å². The van der Waals surface area contributed by atoms with Gasteiger partial charge >= 0.3 is 5.97 Å². The van der Waals surface area contributed by atoms with Gasteiger partial charge in [0.05, 0.1) is 58.7 Å². The molecule has 1 N–H and O–H groups in total. The normalized spacial score (nSPS) is 20.1. The van der Waals surface area contributed by atoms with E-state index in [4.69, 9.17) is 33.2 Å². The molecule has 0 unspecified atom stereocenters. The van der Waals surface area contributed by atoms with Crippen LogP contribution in [0, 0.1) is 5.41 Å². The van der Waals surface area contributed by atoms with Crippen LogP contribution >= 0.6 is 0 Å². The van der Waals surface area contributed by atoms with E-state index in [1.807, 2.05) is 159 Å². The van der Waals surface area contributed by atoms with E-state index < -0.39 is 42.0 Å². The third-order valence-electron chi connectivity index (χ3n) is 10.4. The number of carbonyl (C=O) groups is 1. The quantitative estimate of drug-likeness (QED) is 0.0789. The lowest BCUT2D eigenvalue weighted by Gasteiger charge is -2.50. The maximum Gasteiger partial charge on any atom is 0.312 e. The Labute approximate surface area is 337 Å². The molecule has 0 bridgehead atoms. The van der Waals surface area contributed by atoms with Gasteiger partial charge in [-0.2, -0.15) is 0 Å². The van der Waals surface area contributed by atoms with Crippen LogP contribution in [0.3, 0.4) is 0 Å². The number of rotatable bonds is 20. The average molecular weight is 774 g/mol. The first-order valence-electron chi connectivity index (χ1n) is 19.5. The van der Waals surface area contributed by atoms with Gasteiger partial charge in [0.1, 0.15) is 36.3 Å². The van der Waals surface area contributed by atoms with Gasteiger partial charge in [0.15, 0.2) is 0 Å². The molecular formula is C48H55NO8. The molecule has 1 fully saturated rings. The second-order valence-corrected chi connectivity index (χ2v) is 14.8. The van der Waals surface area contributed by atoms with E-state index in [9.17, 15) is 4.79 Å². The van der Waals surface area contributed by atoms with Crippen molar-refractivity contribution in [2.75, 3.05) is 20.8 Å². The molecule has 5 aromatic carbocycles. The Balaban J connectivity index is 1.41. The molecule has 300 valence electrons. The van der Waals surface area contributed by atoms with Crippen molar-refractivity contribution in [1.82, 2.24) is 5.32 Å². The van der Waals surface area contributed by atoms with Gasteiger partial charge < -0.3 is 38.5 Å². The van der Waals surface area contributed by atoms with Crippen molar-refractivity contribution in [2.45, 2.75) is 83.4 Å². The van der Waals surface area contributed by atoms with Crippen molar-refractivity contribution in [3.8, 4) is 5.75 Å². The van der Waals surface area contributed by atoms with Crippen LogP contribution in [-0.2, 0) is 66.2 Å². The van der Waals surface area contributed by atoms with E-state index >= 15 is 0 Å². The maximum atomic E-state index is 13.8. The van der Waals surface area contributed by atoms with E-state index in [-0.39, 0.29) is 19.2 Å². The zero-order valence-corrected chi connectivity index (χ0v) is 33.3. The zero-order valence-electron chi connectivity index (χ0n) is 33.3. The summed E-state index contributed by atoms with van der Waals surface area (Å²) in [5.41, 5.74) is 3.96. The highest BCUT2D eigenvalue weighted by Crippen LogP contribution is 2.37. The predicted octanol–water partition coefficient (Wildman–Crippen LogP) is 8.09. The molecule has 5 aromatic rings. The highest BCUT2D eigenvalue weighted by Gasteiger charge is 2.55. The lowest BCUT2D eigenvalue weighted by atomic mass is 9.76. The first kappa shape index (κ1) is 41.8. The Morgan fingerprint density at radius 3 is 1.53 bits per heavy atom. The number of hydrogen-bond acceptors (Lipinski definition) is 9. The number of hydrogen-bond donors (Lipinski definition) is 1. The van der Waals surface area contributed by atoms with E-state index in [0.717, 1.165) is 33.6 Å². The molecule has 0 aliphatic carbocycles. The van der Waals surface area contributed by atoms with E-state index in [0.29, 0.717) is 26.4 Å². The monoisotopic (exact) mass is 773 g/mol. The first-order valence-corrected chi connectivity index (χ1v) is 19.5. The van der Waals surface area contributed by atoms with Crippen molar-refractivity contribution in [3.05, 3.63) is 173 Å². The van der Waals surface area contributed by atoms with E-state index in [1.165, 1.54) is 7.11 Å². The molecule has 6 rings (SSSR count). The molecule has 6 atom stereocenters. The summed E-state index contributed by atoms with van der Waals surface area (Å²) < 4.78 is 45.3. The van der Waals surface area contributed by atoms with Crippen molar-refractivity contribution in [2.24, 2.45) is 5.41 Å². The molecule has 0 spiro atoms. The van der Waals surface area contributed by atoms with Gasteiger partial charge in [-0.25, -0.2) is 0 Å². The Hall–Kier alpha value is -4.87. The molecule has 57 heavy (non-hydrogen) atoms. The van der Waals surface area contributed by atoms with E-state index in [2.05, 4.69) is 5.32 Å². The van der Waals surface area contributed by atoms with Crippen LogP contribution < -0.4 is 10.1 Å². The molecule has 1 heterocycles. The van der Waals surface area contributed by atoms with Crippen molar-refractivity contribution in [3.63, 3.8) is 0 Å².